The third kappa shape index (κ3) is 3.34. The highest BCUT2D eigenvalue weighted by Gasteiger charge is 2.00. The topological polar surface area (TPSA) is 45.6 Å². The van der Waals surface area contributed by atoms with Crippen molar-refractivity contribution in [1.82, 2.24) is 20.1 Å². The van der Waals surface area contributed by atoms with Crippen LogP contribution in [0.25, 0.3) is 10.9 Å². The molecule has 0 aliphatic heterocycles. The van der Waals surface area contributed by atoms with Crippen molar-refractivity contribution < 1.29 is 0 Å². The molecule has 2 N–H and O–H groups in total. The fourth-order valence-electron chi connectivity index (χ4n) is 2.70. The Morgan fingerprint density at radius 2 is 2.10 bits per heavy atom. The molecule has 21 heavy (non-hydrogen) atoms. The molecule has 3 rings (SSSR count). The lowest BCUT2D eigenvalue weighted by Crippen LogP contribution is -2.17. The summed E-state index contributed by atoms with van der Waals surface area (Å²) in [6.45, 7) is 7.05. The molecule has 1 aromatic carbocycles. The van der Waals surface area contributed by atoms with Crippen LogP contribution in [0.4, 0.5) is 0 Å². The van der Waals surface area contributed by atoms with Gasteiger partial charge in [0.2, 0.25) is 0 Å². The molecule has 0 bridgehead atoms. The second-order valence-corrected chi connectivity index (χ2v) is 5.58. The van der Waals surface area contributed by atoms with Crippen LogP contribution in [0.2, 0.25) is 0 Å². The number of aromatic amines is 1. The summed E-state index contributed by atoms with van der Waals surface area (Å²) in [6.07, 6.45) is 3.07. The van der Waals surface area contributed by atoms with E-state index in [1.807, 2.05) is 13.1 Å². The highest BCUT2D eigenvalue weighted by Crippen LogP contribution is 2.14. The van der Waals surface area contributed by atoms with Crippen molar-refractivity contribution in [3.05, 3.63) is 53.5 Å². The standard InChI is InChI=1S/C17H22N4/c1-13-10-14(2)21(20-13)9-3-7-18-12-15-4-5-17-16(11-15)6-8-19-17/h4-6,8,10-11,18-19H,3,7,9,12H2,1-2H3. The number of nitrogens with one attached hydrogen (secondary N) is 2. The van der Waals surface area contributed by atoms with Crippen molar-refractivity contribution in [3.8, 4) is 0 Å². The van der Waals surface area contributed by atoms with Crippen molar-refractivity contribution in [2.24, 2.45) is 0 Å². The molecule has 0 spiro atoms. The second-order valence-electron chi connectivity index (χ2n) is 5.58. The van der Waals surface area contributed by atoms with Crippen molar-refractivity contribution >= 4 is 10.9 Å². The molecule has 0 aliphatic rings. The van der Waals surface area contributed by atoms with Gasteiger partial charge < -0.3 is 10.3 Å². The summed E-state index contributed by atoms with van der Waals surface area (Å²) in [5.74, 6) is 0. The predicted molar refractivity (Wildman–Crippen MR) is 86.3 cm³/mol. The molecule has 0 saturated heterocycles. The summed E-state index contributed by atoms with van der Waals surface area (Å²) in [5.41, 5.74) is 4.86. The molecule has 0 unspecified atom stereocenters. The van der Waals surface area contributed by atoms with E-state index in [2.05, 4.69) is 57.3 Å². The maximum Gasteiger partial charge on any atom is 0.0596 e. The molecule has 0 aliphatic carbocycles. The zero-order chi connectivity index (χ0) is 14.7. The van der Waals surface area contributed by atoms with E-state index in [1.165, 1.54) is 22.2 Å². The number of fused-ring (bicyclic) bond motifs is 1. The van der Waals surface area contributed by atoms with Gasteiger partial charge >= 0.3 is 0 Å². The zero-order valence-corrected chi connectivity index (χ0v) is 12.7. The molecule has 3 aromatic rings. The first-order valence-corrected chi connectivity index (χ1v) is 7.50. The van der Waals surface area contributed by atoms with Gasteiger partial charge in [0.1, 0.15) is 0 Å². The van der Waals surface area contributed by atoms with Crippen LogP contribution in [-0.4, -0.2) is 21.3 Å². The molecule has 0 saturated carbocycles. The molecular weight excluding hydrogens is 260 g/mol. The Kier molecular flexibility index (Phi) is 4.06. The summed E-state index contributed by atoms with van der Waals surface area (Å²) in [6, 6.07) is 10.8. The van der Waals surface area contributed by atoms with E-state index in [4.69, 9.17) is 0 Å². The van der Waals surface area contributed by atoms with Crippen molar-refractivity contribution in [3.63, 3.8) is 0 Å². The minimum absolute atomic E-state index is 0.915. The van der Waals surface area contributed by atoms with Crippen LogP contribution >= 0.6 is 0 Å². The van der Waals surface area contributed by atoms with Crippen LogP contribution in [0.15, 0.2) is 36.5 Å². The lowest BCUT2D eigenvalue weighted by molar-refractivity contribution is 0.532. The Labute approximate surface area is 125 Å². The molecule has 2 aromatic heterocycles. The van der Waals surface area contributed by atoms with Crippen LogP contribution < -0.4 is 5.32 Å². The SMILES string of the molecule is Cc1cc(C)n(CCCNCc2ccc3[nH]ccc3c2)n1. The van der Waals surface area contributed by atoms with Crippen LogP contribution in [0.1, 0.15) is 23.4 Å². The van der Waals surface area contributed by atoms with Gasteiger partial charge in [-0.3, -0.25) is 4.68 Å². The lowest BCUT2D eigenvalue weighted by Gasteiger charge is -2.07. The smallest absolute Gasteiger partial charge is 0.0596 e. The average molecular weight is 282 g/mol. The largest absolute Gasteiger partial charge is 0.361 e. The first-order valence-electron chi connectivity index (χ1n) is 7.50. The first kappa shape index (κ1) is 13.9. The van der Waals surface area contributed by atoms with Gasteiger partial charge in [-0.2, -0.15) is 5.10 Å². The Morgan fingerprint density at radius 1 is 1.19 bits per heavy atom. The van der Waals surface area contributed by atoms with E-state index >= 15 is 0 Å². The molecule has 2 heterocycles. The van der Waals surface area contributed by atoms with Gasteiger partial charge in [-0.15, -0.1) is 0 Å². The van der Waals surface area contributed by atoms with Crippen molar-refractivity contribution in [2.75, 3.05) is 6.54 Å². The van der Waals surface area contributed by atoms with Crippen LogP contribution in [-0.2, 0) is 13.1 Å². The van der Waals surface area contributed by atoms with E-state index in [9.17, 15) is 0 Å². The van der Waals surface area contributed by atoms with Gasteiger partial charge in [-0.05, 0) is 62.0 Å². The number of benzene rings is 1. The maximum atomic E-state index is 4.48. The van der Waals surface area contributed by atoms with Crippen LogP contribution in [0.5, 0.6) is 0 Å². The second kappa shape index (κ2) is 6.14. The Bertz CT molecular complexity index is 723. The zero-order valence-electron chi connectivity index (χ0n) is 12.7. The van der Waals surface area contributed by atoms with Gasteiger partial charge in [0.25, 0.3) is 0 Å². The minimum Gasteiger partial charge on any atom is -0.361 e. The van der Waals surface area contributed by atoms with E-state index in [0.29, 0.717) is 0 Å². The molecule has 0 radical (unpaired) electrons. The molecule has 110 valence electrons. The predicted octanol–water partition coefficient (Wildman–Crippen LogP) is 3.16. The minimum atomic E-state index is 0.915. The fraction of sp³-hybridized carbons (Fsp3) is 0.353. The Hall–Kier alpha value is -2.07. The van der Waals surface area contributed by atoms with Crippen LogP contribution in [0, 0.1) is 13.8 Å². The molecule has 0 fully saturated rings. The van der Waals surface area contributed by atoms with Gasteiger partial charge in [0.15, 0.2) is 0 Å². The summed E-state index contributed by atoms with van der Waals surface area (Å²) in [7, 11) is 0. The van der Waals surface area contributed by atoms with E-state index in [0.717, 1.165) is 31.7 Å². The number of rotatable bonds is 6. The quantitative estimate of drug-likeness (QED) is 0.682. The van der Waals surface area contributed by atoms with Gasteiger partial charge in [0.05, 0.1) is 5.69 Å². The molecule has 0 atom stereocenters. The molecular formula is C17H22N4. The van der Waals surface area contributed by atoms with E-state index < -0.39 is 0 Å². The maximum absolute atomic E-state index is 4.48. The number of hydrogen-bond donors (Lipinski definition) is 2. The van der Waals surface area contributed by atoms with Crippen molar-refractivity contribution in [1.29, 1.82) is 0 Å². The third-order valence-corrected chi connectivity index (χ3v) is 3.77. The van der Waals surface area contributed by atoms with Gasteiger partial charge in [0, 0.05) is 30.5 Å². The monoisotopic (exact) mass is 282 g/mol. The first-order chi connectivity index (χ1) is 10.2. The van der Waals surface area contributed by atoms with E-state index in [1.54, 1.807) is 0 Å². The summed E-state index contributed by atoms with van der Waals surface area (Å²) < 4.78 is 2.09. The Morgan fingerprint density at radius 3 is 2.90 bits per heavy atom. The summed E-state index contributed by atoms with van der Waals surface area (Å²) in [5, 5.41) is 9.26. The number of nitrogens with zero attached hydrogens (tertiary/aromatic N) is 2. The fourth-order valence-corrected chi connectivity index (χ4v) is 2.70. The van der Waals surface area contributed by atoms with Gasteiger partial charge in [-0.25, -0.2) is 0 Å². The number of hydrogen-bond acceptors (Lipinski definition) is 2. The highest BCUT2D eigenvalue weighted by atomic mass is 15.3. The number of H-pyrrole nitrogens is 1. The number of aromatic nitrogens is 3. The third-order valence-electron chi connectivity index (χ3n) is 3.77. The lowest BCUT2D eigenvalue weighted by atomic mass is 10.1. The summed E-state index contributed by atoms with van der Waals surface area (Å²) >= 11 is 0. The van der Waals surface area contributed by atoms with Crippen LogP contribution in [0.3, 0.4) is 0 Å². The normalized spacial score (nSPS) is 11.3. The van der Waals surface area contributed by atoms with Crippen molar-refractivity contribution in [2.45, 2.75) is 33.4 Å². The van der Waals surface area contributed by atoms with Gasteiger partial charge in [-0.1, -0.05) is 6.07 Å². The Balaban J connectivity index is 1.44. The average Bonchev–Trinajstić information content (AvgIpc) is 3.04. The highest BCUT2D eigenvalue weighted by molar-refractivity contribution is 5.79. The molecule has 4 heteroatoms. The molecule has 4 nitrogen and oxygen atoms in total. The van der Waals surface area contributed by atoms with E-state index in [-0.39, 0.29) is 0 Å². The summed E-state index contributed by atoms with van der Waals surface area (Å²) in [4.78, 5) is 3.22. The molecule has 0 amide bonds. The number of aryl methyl sites for hydroxylation is 3.